The van der Waals surface area contributed by atoms with Gasteiger partial charge < -0.3 is 15.0 Å². The number of nitrogens with one attached hydrogen (secondary N) is 1. The predicted octanol–water partition coefficient (Wildman–Crippen LogP) is 1.41. The van der Waals surface area contributed by atoms with Gasteiger partial charge in [0, 0.05) is 13.1 Å². The molecule has 4 heteroatoms. The van der Waals surface area contributed by atoms with Crippen LogP contribution in [0, 0.1) is 0 Å². The van der Waals surface area contributed by atoms with Gasteiger partial charge in [0.2, 0.25) is 5.91 Å². The van der Waals surface area contributed by atoms with E-state index in [1.165, 1.54) is 0 Å². The Morgan fingerprint density at radius 1 is 1.50 bits per heavy atom. The lowest BCUT2D eigenvalue weighted by Gasteiger charge is -2.32. The summed E-state index contributed by atoms with van der Waals surface area (Å²) in [5.74, 6) is 1.04. The molecule has 1 aliphatic heterocycles. The first-order valence-electron chi connectivity index (χ1n) is 6.33. The van der Waals surface area contributed by atoms with E-state index in [2.05, 4.69) is 5.32 Å². The third-order valence-electron chi connectivity index (χ3n) is 3.39. The molecule has 0 saturated carbocycles. The molecule has 0 spiro atoms. The number of hydrogen-bond acceptors (Lipinski definition) is 3. The fourth-order valence-corrected chi connectivity index (χ4v) is 2.36. The van der Waals surface area contributed by atoms with Gasteiger partial charge in [0.05, 0.1) is 13.2 Å². The number of rotatable bonds is 4. The third kappa shape index (κ3) is 2.82. The molecule has 1 saturated heterocycles. The van der Waals surface area contributed by atoms with E-state index >= 15 is 0 Å². The topological polar surface area (TPSA) is 41.6 Å². The minimum absolute atomic E-state index is 0.0237. The van der Waals surface area contributed by atoms with Crippen LogP contribution in [-0.4, -0.2) is 37.6 Å². The normalized spacial score (nSPS) is 20.0. The van der Waals surface area contributed by atoms with Crippen LogP contribution in [0.2, 0.25) is 0 Å². The molecule has 98 valence electrons. The molecule has 0 aliphatic carbocycles. The number of nitrogens with zero attached hydrogens (tertiary/aromatic N) is 1. The molecule has 1 N–H and O–H groups in total. The zero-order chi connectivity index (χ0) is 13.0. The van der Waals surface area contributed by atoms with Crippen LogP contribution in [0.3, 0.4) is 0 Å². The van der Waals surface area contributed by atoms with Crippen molar-refractivity contribution in [3.63, 3.8) is 0 Å². The molecule has 1 aliphatic rings. The van der Waals surface area contributed by atoms with Gasteiger partial charge in [-0.1, -0.05) is 12.1 Å². The molecule has 1 unspecified atom stereocenters. The van der Waals surface area contributed by atoms with Crippen LogP contribution in [0.1, 0.15) is 18.4 Å². The number of likely N-dealkylation sites (N-methyl/N-ethyl adjacent to an activating group) is 1. The second kappa shape index (κ2) is 5.87. The summed E-state index contributed by atoms with van der Waals surface area (Å²) in [4.78, 5) is 14.1. The average Bonchev–Trinajstić information content (AvgIpc) is 2.41. The Kier molecular flexibility index (Phi) is 4.20. The zero-order valence-electron chi connectivity index (χ0n) is 11.0. The van der Waals surface area contributed by atoms with Gasteiger partial charge in [0.25, 0.3) is 0 Å². The number of piperidine rings is 1. The van der Waals surface area contributed by atoms with E-state index in [4.69, 9.17) is 4.74 Å². The zero-order valence-corrected chi connectivity index (χ0v) is 11.0. The lowest BCUT2D eigenvalue weighted by atomic mass is 10.0. The van der Waals surface area contributed by atoms with Crippen LogP contribution in [0.5, 0.6) is 5.75 Å². The van der Waals surface area contributed by atoms with Crippen molar-refractivity contribution in [2.24, 2.45) is 0 Å². The largest absolute Gasteiger partial charge is 0.497 e. The van der Waals surface area contributed by atoms with Crippen molar-refractivity contribution < 1.29 is 9.53 Å². The summed E-state index contributed by atoms with van der Waals surface area (Å²) < 4.78 is 5.20. The first kappa shape index (κ1) is 12.9. The van der Waals surface area contributed by atoms with Crippen molar-refractivity contribution in [2.45, 2.75) is 25.4 Å². The van der Waals surface area contributed by atoms with Crippen LogP contribution in [0.4, 0.5) is 0 Å². The highest BCUT2D eigenvalue weighted by molar-refractivity contribution is 5.82. The Balaban J connectivity index is 2.05. The van der Waals surface area contributed by atoms with E-state index in [0.717, 1.165) is 30.7 Å². The molecule has 0 bridgehead atoms. The summed E-state index contributed by atoms with van der Waals surface area (Å²) in [7, 11) is 3.50. The molecule has 1 aromatic rings. The van der Waals surface area contributed by atoms with Gasteiger partial charge in [0.1, 0.15) is 5.75 Å². The Morgan fingerprint density at radius 3 is 3.06 bits per heavy atom. The van der Waals surface area contributed by atoms with Crippen LogP contribution >= 0.6 is 0 Å². The summed E-state index contributed by atoms with van der Waals surface area (Å²) in [5, 5.41) is 3.08. The standard InChI is InChI=1S/C14H20N2O2/c1-15-13-7-4-8-16(14(13)17)10-11-5-3-6-12(9-11)18-2/h3,5-6,9,13,15H,4,7-8,10H2,1-2H3. The van der Waals surface area contributed by atoms with E-state index < -0.39 is 0 Å². The molecule has 1 fully saturated rings. The molecule has 0 aromatic heterocycles. The number of benzene rings is 1. The quantitative estimate of drug-likeness (QED) is 0.876. The molecule has 1 amide bonds. The van der Waals surface area contributed by atoms with Crippen molar-refractivity contribution in [3.05, 3.63) is 29.8 Å². The smallest absolute Gasteiger partial charge is 0.239 e. The van der Waals surface area contributed by atoms with E-state index in [-0.39, 0.29) is 11.9 Å². The second-order valence-electron chi connectivity index (χ2n) is 4.59. The minimum atomic E-state index is -0.0237. The minimum Gasteiger partial charge on any atom is -0.497 e. The molecule has 0 radical (unpaired) electrons. The first-order chi connectivity index (χ1) is 8.74. The number of methoxy groups -OCH3 is 1. The fourth-order valence-electron chi connectivity index (χ4n) is 2.36. The molecule has 4 nitrogen and oxygen atoms in total. The number of amides is 1. The van der Waals surface area contributed by atoms with Crippen molar-refractivity contribution in [2.75, 3.05) is 20.7 Å². The van der Waals surface area contributed by atoms with E-state index in [9.17, 15) is 4.79 Å². The van der Waals surface area contributed by atoms with Gasteiger partial charge in [-0.15, -0.1) is 0 Å². The van der Waals surface area contributed by atoms with Crippen LogP contribution in [0.15, 0.2) is 24.3 Å². The van der Waals surface area contributed by atoms with Gasteiger partial charge in [-0.3, -0.25) is 4.79 Å². The monoisotopic (exact) mass is 248 g/mol. The number of carbonyl (C=O) groups is 1. The van der Waals surface area contributed by atoms with Gasteiger partial charge >= 0.3 is 0 Å². The maximum absolute atomic E-state index is 12.1. The molecular weight excluding hydrogens is 228 g/mol. The molecule has 1 heterocycles. The molecule has 1 aromatic carbocycles. The van der Waals surface area contributed by atoms with Crippen LogP contribution < -0.4 is 10.1 Å². The number of carbonyl (C=O) groups excluding carboxylic acids is 1. The van der Waals surface area contributed by atoms with Crippen LogP contribution in [-0.2, 0) is 11.3 Å². The predicted molar refractivity (Wildman–Crippen MR) is 70.5 cm³/mol. The van der Waals surface area contributed by atoms with Gasteiger partial charge in [0.15, 0.2) is 0 Å². The van der Waals surface area contributed by atoms with Crippen molar-refractivity contribution in [1.29, 1.82) is 0 Å². The number of ether oxygens (including phenoxy) is 1. The van der Waals surface area contributed by atoms with Gasteiger partial charge in [-0.2, -0.15) is 0 Å². The summed E-state index contributed by atoms with van der Waals surface area (Å²) in [6.07, 6.45) is 1.99. The first-order valence-corrected chi connectivity index (χ1v) is 6.33. The second-order valence-corrected chi connectivity index (χ2v) is 4.59. The van der Waals surface area contributed by atoms with E-state index in [1.807, 2.05) is 36.2 Å². The summed E-state index contributed by atoms with van der Waals surface area (Å²) in [6.45, 7) is 1.50. The molecular formula is C14H20N2O2. The Labute approximate surface area is 108 Å². The summed E-state index contributed by atoms with van der Waals surface area (Å²) >= 11 is 0. The number of likely N-dealkylation sites (tertiary alicyclic amines) is 1. The Bertz CT molecular complexity index is 420. The van der Waals surface area contributed by atoms with E-state index in [1.54, 1.807) is 7.11 Å². The Hall–Kier alpha value is -1.55. The average molecular weight is 248 g/mol. The highest BCUT2D eigenvalue weighted by Gasteiger charge is 2.27. The Morgan fingerprint density at radius 2 is 2.33 bits per heavy atom. The lowest BCUT2D eigenvalue weighted by molar-refractivity contribution is -0.136. The third-order valence-corrected chi connectivity index (χ3v) is 3.39. The SMILES string of the molecule is CNC1CCCN(Cc2cccc(OC)c2)C1=O. The fraction of sp³-hybridized carbons (Fsp3) is 0.500. The van der Waals surface area contributed by atoms with Crippen LogP contribution in [0.25, 0.3) is 0 Å². The van der Waals surface area contributed by atoms with Gasteiger partial charge in [-0.25, -0.2) is 0 Å². The highest BCUT2D eigenvalue weighted by Crippen LogP contribution is 2.18. The molecule has 18 heavy (non-hydrogen) atoms. The van der Waals surface area contributed by atoms with Crippen molar-refractivity contribution in [3.8, 4) is 5.75 Å². The highest BCUT2D eigenvalue weighted by atomic mass is 16.5. The van der Waals surface area contributed by atoms with E-state index in [0.29, 0.717) is 6.54 Å². The number of hydrogen-bond donors (Lipinski definition) is 1. The lowest BCUT2D eigenvalue weighted by Crippen LogP contribution is -2.49. The maximum atomic E-state index is 12.1. The maximum Gasteiger partial charge on any atom is 0.239 e. The van der Waals surface area contributed by atoms with Gasteiger partial charge in [-0.05, 0) is 37.6 Å². The summed E-state index contributed by atoms with van der Waals surface area (Å²) in [5.41, 5.74) is 1.11. The molecule has 1 atom stereocenters. The van der Waals surface area contributed by atoms with Crippen molar-refractivity contribution >= 4 is 5.91 Å². The molecule has 2 rings (SSSR count). The summed E-state index contributed by atoms with van der Waals surface area (Å²) in [6, 6.07) is 7.86. The van der Waals surface area contributed by atoms with Crippen molar-refractivity contribution in [1.82, 2.24) is 10.2 Å².